The maximum atomic E-state index is 14.7. The summed E-state index contributed by atoms with van der Waals surface area (Å²) in [6.45, 7) is 5.80. The van der Waals surface area contributed by atoms with Crippen LogP contribution in [-0.4, -0.2) is 35.7 Å². The van der Waals surface area contributed by atoms with Gasteiger partial charge in [-0.15, -0.1) is 0 Å². The smallest absolute Gasteiger partial charge is 0.347 e. The van der Waals surface area contributed by atoms with Gasteiger partial charge in [-0.2, -0.15) is 0 Å². The molecule has 0 spiro atoms. The Labute approximate surface area is 221 Å². The lowest BCUT2D eigenvalue weighted by Gasteiger charge is -2.21. The highest BCUT2D eigenvalue weighted by Gasteiger charge is 2.29. The summed E-state index contributed by atoms with van der Waals surface area (Å²) in [6, 6.07) is 16.6. The van der Waals surface area contributed by atoms with Crippen LogP contribution in [-0.2, 0) is 11.2 Å². The molecule has 196 valence electrons. The van der Waals surface area contributed by atoms with Crippen LogP contribution in [0.15, 0.2) is 60.7 Å². The third-order valence-corrected chi connectivity index (χ3v) is 5.97. The van der Waals surface area contributed by atoms with E-state index in [-0.39, 0.29) is 11.7 Å². The van der Waals surface area contributed by atoms with Crippen molar-refractivity contribution in [3.63, 3.8) is 0 Å². The van der Waals surface area contributed by atoms with Gasteiger partial charge in [0.25, 0.3) is 5.91 Å². The van der Waals surface area contributed by atoms with Gasteiger partial charge in [0.05, 0.1) is 12.2 Å². The van der Waals surface area contributed by atoms with Gasteiger partial charge in [0.1, 0.15) is 17.3 Å². The molecule has 0 atom stereocenters. The second-order valence-corrected chi connectivity index (χ2v) is 9.54. The number of carbonyl (C=O) groups excluding carboxylic acids is 1. The van der Waals surface area contributed by atoms with Crippen LogP contribution >= 0.6 is 11.6 Å². The minimum absolute atomic E-state index is 0.139. The van der Waals surface area contributed by atoms with Crippen molar-refractivity contribution in [1.82, 2.24) is 5.32 Å². The average Bonchev–Trinajstić information content (AvgIpc) is 2.85. The zero-order valence-corrected chi connectivity index (χ0v) is 21.9. The van der Waals surface area contributed by atoms with E-state index in [0.29, 0.717) is 47.0 Å². The Morgan fingerprint density at radius 2 is 1.78 bits per heavy atom. The second kappa shape index (κ2) is 12.6. The molecule has 0 saturated carbocycles. The molecule has 0 aliphatic carbocycles. The fraction of sp³-hybridized carbons (Fsp3) is 0.310. The summed E-state index contributed by atoms with van der Waals surface area (Å²) in [5.74, 6) is -1.28. The first-order chi connectivity index (χ1) is 17.6. The van der Waals surface area contributed by atoms with Crippen molar-refractivity contribution in [3.8, 4) is 22.6 Å². The number of hydrogen-bond acceptors (Lipinski definition) is 4. The molecule has 3 aromatic rings. The highest BCUT2D eigenvalue weighted by molar-refractivity contribution is 6.31. The molecule has 0 saturated heterocycles. The van der Waals surface area contributed by atoms with E-state index in [4.69, 9.17) is 21.1 Å². The molecule has 0 fully saturated rings. The molecule has 0 aliphatic heterocycles. The van der Waals surface area contributed by atoms with Crippen molar-refractivity contribution in [3.05, 3.63) is 82.6 Å². The third-order valence-electron chi connectivity index (χ3n) is 5.73. The van der Waals surface area contributed by atoms with Gasteiger partial charge in [0, 0.05) is 23.2 Å². The first-order valence-electron chi connectivity index (χ1n) is 12.1. The highest BCUT2D eigenvalue weighted by atomic mass is 35.5. The van der Waals surface area contributed by atoms with Gasteiger partial charge in [-0.1, -0.05) is 49.2 Å². The number of ether oxygens (including phenoxy) is 2. The van der Waals surface area contributed by atoms with Crippen LogP contribution in [0.2, 0.25) is 5.02 Å². The number of hydrogen-bond donors (Lipinski definition) is 2. The lowest BCUT2D eigenvalue weighted by atomic mass is 10.0. The fourth-order valence-corrected chi connectivity index (χ4v) is 3.70. The number of unbranched alkanes of at least 4 members (excludes halogenated alkanes) is 1. The van der Waals surface area contributed by atoms with Gasteiger partial charge in [-0.25, -0.2) is 9.18 Å². The number of rotatable bonds is 12. The van der Waals surface area contributed by atoms with Crippen LogP contribution in [0, 0.1) is 5.82 Å². The Morgan fingerprint density at radius 1 is 1.05 bits per heavy atom. The number of aliphatic carboxylic acids is 1. The second-order valence-electron chi connectivity index (χ2n) is 9.10. The molecule has 0 heterocycles. The standard InChI is InChI=1S/C29H31ClFNO5/c1-4-5-16-36-26-13-10-21(30)17-24(26)27(33)32-15-14-19-6-8-20(9-7-19)23-12-11-22(18-25(23)31)37-29(2,3)28(34)35/h6-13,17-18H,4-5,14-16H2,1-3H3,(H,32,33)(H,34,35). The zero-order valence-electron chi connectivity index (χ0n) is 21.1. The topological polar surface area (TPSA) is 84.9 Å². The minimum Gasteiger partial charge on any atom is -0.493 e. The SMILES string of the molecule is CCCCOc1ccc(Cl)cc1C(=O)NCCc1ccc(-c2ccc(OC(C)(C)C(=O)O)cc2F)cc1. The molecule has 0 unspecified atom stereocenters. The van der Waals surface area contributed by atoms with E-state index in [2.05, 4.69) is 12.2 Å². The maximum Gasteiger partial charge on any atom is 0.347 e. The predicted octanol–water partition coefficient (Wildman–Crippen LogP) is 6.54. The number of halogens is 2. The molecule has 1 amide bonds. The van der Waals surface area contributed by atoms with Crippen molar-refractivity contribution < 1.29 is 28.6 Å². The van der Waals surface area contributed by atoms with Crippen LogP contribution in [0.3, 0.4) is 0 Å². The largest absolute Gasteiger partial charge is 0.493 e. The van der Waals surface area contributed by atoms with Crippen LogP contribution in [0.25, 0.3) is 11.1 Å². The van der Waals surface area contributed by atoms with E-state index in [1.165, 1.54) is 19.9 Å². The van der Waals surface area contributed by atoms with E-state index in [1.54, 1.807) is 42.5 Å². The quantitative estimate of drug-likeness (QED) is 0.261. The fourth-order valence-electron chi connectivity index (χ4n) is 3.53. The summed E-state index contributed by atoms with van der Waals surface area (Å²) in [7, 11) is 0. The Morgan fingerprint density at radius 3 is 2.43 bits per heavy atom. The van der Waals surface area contributed by atoms with Gasteiger partial charge in [-0.3, -0.25) is 4.79 Å². The Kier molecular flexibility index (Phi) is 9.53. The predicted molar refractivity (Wildman–Crippen MR) is 142 cm³/mol. The van der Waals surface area contributed by atoms with Gasteiger partial charge in [-0.05, 0) is 68.1 Å². The van der Waals surface area contributed by atoms with Crippen molar-refractivity contribution >= 4 is 23.5 Å². The van der Waals surface area contributed by atoms with Gasteiger partial charge >= 0.3 is 5.97 Å². The maximum absolute atomic E-state index is 14.7. The van der Waals surface area contributed by atoms with Crippen LogP contribution in [0.5, 0.6) is 11.5 Å². The number of carboxylic acid groups (broad SMARTS) is 1. The number of benzene rings is 3. The Hall–Kier alpha value is -3.58. The number of nitrogens with one attached hydrogen (secondary N) is 1. The van der Waals surface area contributed by atoms with E-state index in [9.17, 15) is 19.1 Å². The third kappa shape index (κ3) is 7.70. The molecule has 2 N–H and O–H groups in total. The van der Waals surface area contributed by atoms with Crippen LogP contribution in [0.4, 0.5) is 4.39 Å². The summed E-state index contributed by atoms with van der Waals surface area (Å²) >= 11 is 6.09. The van der Waals surface area contributed by atoms with Crippen LogP contribution in [0.1, 0.15) is 49.5 Å². The molecule has 0 aromatic heterocycles. The first kappa shape index (κ1) is 28.0. The van der Waals surface area contributed by atoms with E-state index in [0.717, 1.165) is 18.4 Å². The number of amides is 1. The monoisotopic (exact) mass is 527 g/mol. The van der Waals surface area contributed by atoms with E-state index < -0.39 is 17.4 Å². The summed E-state index contributed by atoms with van der Waals surface area (Å²) in [6.07, 6.45) is 2.47. The molecule has 6 nitrogen and oxygen atoms in total. The molecule has 0 radical (unpaired) electrons. The van der Waals surface area contributed by atoms with Gasteiger partial charge in [0.15, 0.2) is 5.60 Å². The van der Waals surface area contributed by atoms with Gasteiger partial charge in [0.2, 0.25) is 0 Å². The van der Waals surface area contributed by atoms with Crippen molar-refractivity contribution in [2.75, 3.05) is 13.2 Å². The Bertz CT molecular complexity index is 1240. The van der Waals surface area contributed by atoms with Crippen molar-refractivity contribution in [1.29, 1.82) is 0 Å². The highest BCUT2D eigenvalue weighted by Crippen LogP contribution is 2.28. The van der Waals surface area contributed by atoms with E-state index >= 15 is 0 Å². The summed E-state index contributed by atoms with van der Waals surface area (Å²) < 4.78 is 25.9. The first-order valence-corrected chi connectivity index (χ1v) is 12.5. The molecular weight excluding hydrogens is 497 g/mol. The average molecular weight is 528 g/mol. The molecule has 8 heteroatoms. The zero-order chi connectivity index (χ0) is 27.0. The number of carbonyl (C=O) groups is 2. The van der Waals surface area contributed by atoms with Gasteiger partial charge < -0.3 is 19.9 Å². The van der Waals surface area contributed by atoms with Crippen molar-refractivity contribution in [2.24, 2.45) is 0 Å². The summed E-state index contributed by atoms with van der Waals surface area (Å²) in [5.41, 5.74) is 0.937. The summed E-state index contributed by atoms with van der Waals surface area (Å²) in [5, 5.41) is 12.5. The molecular formula is C29H31ClFNO5. The van der Waals surface area contributed by atoms with Crippen LogP contribution < -0.4 is 14.8 Å². The molecule has 3 rings (SSSR count). The Balaban J connectivity index is 1.60. The molecule has 37 heavy (non-hydrogen) atoms. The van der Waals surface area contributed by atoms with Crippen molar-refractivity contribution in [2.45, 2.75) is 45.6 Å². The minimum atomic E-state index is -1.47. The van der Waals surface area contributed by atoms with E-state index in [1.807, 2.05) is 12.1 Å². The molecule has 0 bridgehead atoms. The normalized spacial score (nSPS) is 11.2. The summed E-state index contributed by atoms with van der Waals surface area (Å²) in [4.78, 5) is 24.0. The lowest BCUT2D eigenvalue weighted by Crippen LogP contribution is -2.37. The lowest BCUT2D eigenvalue weighted by molar-refractivity contribution is -0.152. The molecule has 0 aliphatic rings. The number of carboxylic acids is 1. The molecule has 3 aromatic carbocycles.